The van der Waals surface area contributed by atoms with Crippen molar-refractivity contribution in [3.8, 4) is 0 Å². The van der Waals surface area contributed by atoms with E-state index in [1.165, 1.54) is 0 Å². The highest BCUT2D eigenvalue weighted by molar-refractivity contribution is 5.76. The van der Waals surface area contributed by atoms with E-state index in [4.69, 9.17) is 28.5 Å². The van der Waals surface area contributed by atoms with Crippen molar-refractivity contribution in [2.75, 3.05) is 33.0 Å². The Kier molecular flexibility index (Phi) is 13.9. The number of nitrogens with zero attached hydrogens (tertiary/aromatic N) is 1. The Balaban J connectivity index is 1.40. The van der Waals surface area contributed by atoms with Crippen LogP contribution in [0, 0.1) is 40.4 Å². The summed E-state index contributed by atoms with van der Waals surface area (Å²) in [7, 11) is 0. The lowest BCUT2D eigenvalue weighted by Gasteiger charge is -2.57. The van der Waals surface area contributed by atoms with E-state index in [-0.39, 0.29) is 42.9 Å². The van der Waals surface area contributed by atoms with Gasteiger partial charge < -0.3 is 64.3 Å². The third-order valence-electron chi connectivity index (χ3n) is 11.5. The van der Waals surface area contributed by atoms with Crippen LogP contribution in [0.3, 0.4) is 0 Å². The summed E-state index contributed by atoms with van der Waals surface area (Å²) in [6, 6.07) is 0. The standard InChI is InChI=1S/C34H59NO14/c1-7-33(4,5)16-34(6,17(2)3)32(43)44-8-9-45-35-12-22(39)20-11-19-18-10-21-26(41)27(42)24(14-37)46-31(21)49-29(18)25(15-38)47-30(19)48-28(20)23(40)13-36/h12,17-31,36-42H,7-11,13-16H2,1-6H3. The van der Waals surface area contributed by atoms with Gasteiger partial charge in [0.15, 0.2) is 19.2 Å². The maximum absolute atomic E-state index is 13.1. The van der Waals surface area contributed by atoms with Crippen molar-refractivity contribution in [3.63, 3.8) is 0 Å². The first-order valence-corrected chi connectivity index (χ1v) is 17.6. The third-order valence-corrected chi connectivity index (χ3v) is 11.5. The molecule has 15 atom stereocenters. The van der Waals surface area contributed by atoms with E-state index < -0.39 is 104 Å². The van der Waals surface area contributed by atoms with E-state index in [9.17, 15) is 40.5 Å². The number of carbonyl (C=O) groups excluding carboxylic acids is 1. The molecule has 0 saturated carbocycles. The molecule has 0 radical (unpaired) electrons. The number of oxime groups is 1. The fourth-order valence-corrected chi connectivity index (χ4v) is 7.88. The molecule has 4 aliphatic heterocycles. The zero-order valence-corrected chi connectivity index (χ0v) is 29.5. The number of rotatable bonds is 15. The van der Waals surface area contributed by atoms with Crippen molar-refractivity contribution in [1.29, 1.82) is 0 Å². The van der Waals surface area contributed by atoms with Gasteiger partial charge in [-0.2, -0.15) is 0 Å². The Morgan fingerprint density at radius 2 is 1.55 bits per heavy atom. The average molecular weight is 706 g/mol. The molecule has 284 valence electrons. The van der Waals surface area contributed by atoms with Gasteiger partial charge in [-0.05, 0) is 43.4 Å². The summed E-state index contributed by atoms with van der Waals surface area (Å²) in [4.78, 5) is 18.4. The molecule has 0 aromatic rings. The van der Waals surface area contributed by atoms with Gasteiger partial charge in [0, 0.05) is 17.8 Å². The fourth-order valence-electron chi connectivity index (χ4n) is 7.88. The van der Waals surface area contributed by atoms with Gasteiger partial charge in [-0.3, -0.25) is 4.79 Å². The molecule has 4 rings (SSSR count). The molecule has 4 saturated heterocycles. The van der Waals surface area contributed by atoms with Crippen molar-refractivity contribution in [2.45, 2.75) is 129 Å². The Bertz CT molecular complexity index is 1090. The molecule has 0 aromatic heterocycles. The van der Waals surface area contributed by atoms with Crippen LogP contribution in [-0.4, -0.2) is 142 Å². The lowest BCUT2D eigenvalue weighted by molar-refractivity contribution is -0.384. The molecule has 4 fully saturated rings. The lowest BCUT2D eigenvalue weighted by Crippen LogP contribution is -2.67. The molecule has 15 unspecified atom stereocenters. The normalized spacial score (nSPS) is 39.0. The van der Waals surface area contributed by atoms with Gasteiger partial charge in [0.2, 0.25) is 0 Å². The number of hydrogen-bond donors (Lipinski definition) is 7. The first-order chi connectivity index (χ1) is 23.1. The number of fused-ring (bicyclic) bond motifs is 4. The maximum Gasteiger partial charge on any atom is 0.312 e. The van der Waals surface area contributed by atoms with Crippen LogP contribution >= 0.6 is 0 Å². The largest absolute Gasteiger partial charge is 0.462 e. The fraction of sp³-hybridized carbons (Fsp3) is 0.941. The smallest absolute Gasteiger partial charge is 0.312 e. The van der Waals surface area contributed by atoms with Gasteiger partial charge in [-0.1, -0.05) is 46.2 Å². The van der Waals surface area contributed by atoms with E-state index in [1.54, 1.807) is 0 Å². The van der Waals surface area contributed by atoms with Crippen molar-refractivity contribution in [1.82, 2.24) is 0 Å². The number of ether oxygens (including phenoxy) is 5. The number of esters is 1. The SMILES string of the molecule is CCC(C)(C)CC(C)(C(=O)OCCON=CC(O)C1CC2C(OC(CO)C3OC4OC(CO)C(O)C(O)C4CC23)OC1C(O)CO)C(C)C. The molecule has 0 spiro atoms. The average Bonchev–Trinajstić information content (AvgIpc) is 3.08. The summed E-state index contributed by atoms with van der Waals surface area (Å²) < 4.78 is 29.7. The quantitative estimate of drug-likeness (QED) is 0.0513. The molecule has 4 aliphatic rings. The molecule has 0 bridgehead atoms. The van der Waals surface area contributed by atoms with E-state index in [1.807, 2.05) is 20.8 Å². The number of aliphatic hydroxyl groups is 7. The Morgan fingerprint density at radius 3 is 2.16 bits per heavy atom. The minimum Gasteiger partial charge on any atom is -0.462 e. The molecular weight excluding hydrogens is 646 g/mol. The molecular formula is C34H59NO14. The van der Waals surface area contributed by atoms with Crippen LogP contribution in [0.5, 0.6) is 0 Å². The van der Waals surface area contributed by atoms with E-state index >= 15 is 0 Å². The van der Waals surface area contributed by atoms with Gasteiger partial charge in [0.25, 0.3) is 0 Å². The van der Waals surface area contributed by atoms with Crippen molar-refractivity contribution in [3.05, 3.63) is 0 Å². The Morgan fingerprint density at radius 1 is 0.898 bits per heavy atom. The molecule has 0 amide bonds. The molecule has 0 aromatic carbocycles. The molecule has 15 heteroatoms. The van der Waals surface area contributed by atoms with Crippen molar-refractivity contribution >= 4 is 12.2 Å². The van der Waals surface area contributed by atoms with E-state index in [0.29, 0.717) is 12.8 Å². The summed E-state index contributed by atoms with van der Waals surface area (Å²) in [5.74, 6) is -2.51. The van der Waals surface area contributed by atoms with Crippen LogP contribution in [0.4, 0.5) is 0 Å². The van der Waals surface area contributed by atoms with Crippen molar-refractivity contribution in [2.24, 2.45) is 45.6 Å². The van der Waals surface area contributed by atoms with Crippen LogP contribution < -0.4 is 0 Å². The second-order valence-electron chi connectivity index (χ2n) is 15.5. The predicted octanol–water partition coefficient (Wildman–Crippen LogP) is -0.0665. The van der Waals surface area contributed by atoms with Gasteiger partial charge in [0.1, 0.15) is 31.0 Å². The highest BCUT2D eigenvalue weighted by Gasteiger charge is 2.59. The minimum atomic E-state index is -1.37. The van der Waals surface area contributed by atoms with Gasteiger partial charge in [0.05, 0.1) is 55.9 Å². The van der Waals surface area contributed by atoms with Crippen molar-refractivity contribution < 1.29 is 69.1 Å². The van der Waals surface area contributed by atoms with E-state index in [0.717, 1.165) is 12.6 Å². The number of carbonyl (C=O) groups is 1. The molecule has 49 heavy (non-hydrogen) atoms. The third kappa shape index (κ3) is 8.76. The zero-order chi connectivity index (χ0) is 36.3. The second-order valence-corrected chi connectivity index (χ2v) is 15.5. The van der Waals surface area contributed by atoms with Gasteiger partial charge >= 0.3 is 5.97 Å². The first kappa shape index (κ1) is 40.3. The number of aliphatic hydroxyl groups excluding tert-OH is 7. The topological polar surface area (TPSA) is 226 Å². The van der Waals surface area contributed by atoms with Crippen LogP contribution in [0.25, 0.3) is 0 Å². The summed E-state index contributed by atoms with van der Waals surface area (Å²) >= 11 is 0. The summed E-state index contributed by atoms with van der Waals surface area (Å²) in [6.07, 6.45) is -7.51. The predicted molar refractivity (Wildman–Crippen MR) is 173 cm³/mol. The van der Waals surface area contributed by atoms with Crippen LogP contribution in [-0.2, 0) is 33.3 Å². The highest BCUT2D eigenvalue weighted by Crippen LogP contribution is 2.50. The molecule has 7 N–H and O–H groups in total. The molecule has 4 heterocycles. The van der Waals surface area contributed by atoms with E-state index in [2.05, 4.69) is 25.9 Å². The minimum absolute atomic E-state index is 0.0328. The molecule has 0 aliphatic carbocycles. The summed E-state index contributed by atoms with van der Waals surface area (Å²) in [6.45, 7) is 10.6. The zero-order valence-electron chi connectivity index (χ0n) is 29.5. The number of hydrogen-bond acceptors (Lipinski definition) is 15. The Labute approximate surface area is 288 Å². The summed E-state index contributed by atoms with van der Waals surface area (Å²) in [5.41, 5.74) is -0.706. The Hall–Kier alpha value is -1.50. The monoisotopic (exact) mass is 705 g/mol. The maximum atomic E-state index is 13.1. The van der Waals surface area contributed by atoms with Gasteiger partial charge in [-0.25, -0.2) is 0 Å². The van der Waals surface area contributed by atoms with Crippen LogP contribution in [0.2, 0.25) is 0 Å². The summed E-state index contributed by atoms with van der Waals surface area (Å²) in [5, 5.41) is 76.7. The highest BCUT2D eigenvalue weighted by atomic mass is 16.7. The molecule has 15 nitrogen and oxygen atoms in total. The lowest BCUT2D eigenvalue weighted by atomic mass is 9.67. The second kappa shape index (κ2) is 16.9. The van der Waals surface area contributed by atoms with Crippen LogP contribution in [0.1, 0.15) is 67.2 Å². The first-order valence-electron chi connectivity index (χ1n) is 17.6. The van der Waals surface area contributed by atoms with Crippen LogP contribution in [0.15, 0.2) is 5.16 Å². The van der Waals surface area contributed by atoms with Gasteiger partial charge in [-0.15, -0.1) is 0 Å².